The summed E-state index contributed by atoms with van der Waals surface area (Å²) in [6.45, 7) is 1.50. The number of carboxylic acid groups (broad SMARTS) is 1. The van der Waals surface area contributed by atoms with Crippen LogP contribution in [0.2, 0.25) is 0 Å². The van der Waals surface area contributed by atoms with Gasteiger partial charge in [-0.1, -0.05) is 60.7 Å². The molecule has 0 spiro atoms. The number of hydrogen-bond donors (Lipinski definition) is 0. The van der Waals surface area contributed by atoms with Crippen LogP contribution in [0.4, 0.5) is 0 Å². The fourth-order valence-corrected chi connectivity index (χ4v) is 2.60. The Bertz CT molecular complexity index is 826. The molecule has 2 aromatic carbocycles. The summed E-state index contributed by atoms with van der Waals surface area (Å²) in [6, 6.07) is 17.5. The zero-order chi connectivity index (χ0) is 16.4. The van der Waals surface area contributed by atoms with Gasteiger partial charge in [0.25, 0.3) is 0 Å². The van der Waals surface area contributed by atoms with E-state index in [1.165, 1.54) is 17.8 Å². The van der Waals surface area contributed by atoms with E-state index in [4.69, 9.17) is 0 Å². The lowest BCUT2D eigenvalue weighted by Crippen LogP contribution is -2.32. The van der Waals surface area contributed by atoms with E-state index < -0.39 is 12.0 Å². The molecule has 5 nitrogen and oxygen atoms in total. The van der Waals surface area contributed by atoms with Crippen LogP contribution >= 0.6 is 0 Å². The van der Waals surface area contributed by atoms with Crippen molar-refractivity contribution in [2.45, 2.75) is 13.0 Å². The van der Waals surface area contributed by atoms with Gasteiger partial charge in [0.15, 0.2) is 11.4 Å². The van der Waals surface area contributed by atoms with E-state index in [0.29, 0.717) is 16.1 Å². The van der Waals surface area contributed by atoms with Gasteiger partial charge < -0.3 is 15.1 Å². The quantitative estimate of drug-likeness (QED) is 0.544. The second kappa shape index (κ2) is 5.96. The zero-order valence-corrected chi connectivity index (χ0v) is 12.5. The third-order valence-corrected chi connectivity index (χ3v) is 3.78. The second-order valence-corrected chi connectivity index (χ2v) is 5.27. The van der Waals surface area contributed by atoms with Gasteiger partial charge in [-0.25, -0.2) is 9.30 Å². The van der Waals surface area contributed by atoms with Gasteiger partial charge in [-0.05, 0) is 6.92 Å². The average Bonchev–Trinajstić information content (AvgIpc) is 2.92. The molecular weight excluding hydrogens is 292 g/mol. The highest BCUT2D eigenvalue weighted by Gasteiger charge is 2.26. The summed E-state index contributed by atoms with van der Waals surface area (Å²) in [5, 5.41) is 23.7. The summed E-state index contributed by atoms with van der Waals surface area (Å²) in [6.07, 6.45) is 1.26. The molecule has 0 amide bonds. The highest BCUT2D eigenvalue weighted by atomic mass is 16.5. The van der Waals surface area contributed by atoms with Crippen molar-refractivity contribution in [3.05, 3.63) is 72.2 Å². The van der Waals surface area contributed by atoms with Crippen LogP contribution in [0.3, 0.4) is 0 Å². The Hall–Kier alpha value is -3.08. The Kier molecular flexibility index (Phi) is 3.85. The number of nitrogens with zero attached hydrogens (tertiary/aromatic N) is 2. The second-order valence-electron chi connectivity index (χ2n) is 5.27. The summed E-state index contributed by atoms with van der Waals surface area (Å²) in [5.74, 6) is -1.24. The summed E-state index contributed by atoms with van der Waals surface area (Å²) in [7, 11) is 0. The minimum atomic E-state index is -1.24. The van der Waals surface area contributed by atoms with Gasteiger partial charge in [0.05, 0.1) is 5.97 Å². The van der Waals surface area contributed by atoms with Crippen molar-refractivity contribution in [1.29, 1.82) is 0 Å². The minimum Gasteiger partial charge on any atom is -0.710 e. The molecule has 0 saturated heterocycles. The minimum absolute atomic E-state index is 0.421. The number of aromatic nitrogens is 2. The summed E-state index contributed by atoms with van der Waals surface area (Å²) < 4.78 is 2.15. The van der Waals surface area contributed by atoms with Gasteiger partial charge in [0.1, 0.15) is 6.04 Å². The first-order chi connectivity index (χ1) is 11.1. The summed E-state index contributed by atoms with van der Waals surface area (Å²) in [5.41, 5.74) is 2.48. The fraction of sp³-hybridized carbons (Fsp3) is 0.111. The van der Waals surface area contributed by atoms with Gasteiger partial charge in [-0.15, -0.1) is 0 Å². The van der Waals surface area contributed by atoms with Crippen molar-refractivity contribution in [3.63, 3.8) is 0 Å². The normalized spacial score (nSPS) is 12.0. The maximum absolute atomic E-state index is 12.4. The number of imidazole rings is 1. The maximum atomic E-state index is 12.4. The lowest BCUT2D eigenvalue weighted by Gasteiger charge is -2.12. The molecule has 0 aliphatic rings. The van der Waals surface area contributed by atoms with Crippen molar-refractivity contribution in [2.75, 3.05) is 0 Å². The predicted molar refractivity (Wildman–Crippen MR) is 84.0 cm³/mol. The molecule has 0 aliphatic heterocycles. The van der Waals surface area contributed by atoms with Gasteiger partial charge in [-0.3, -0.25) is 0 Å². The largest absolute Gasteiger partial charge is 0.710 e. The highest BCUT2D eigenvalue weighted by Crippen LogP contribution is 2.31. The van der Waals surface area contributed by atoms with Crippen LogP contribution < -0.4 is 9.84 Å². The lowest BCUT2D eigenvalue weighted by molar-refractivity contribution is -0.593. The monoisotopic (exact) mass is 307 g/mol. The fourth-order valence-electron chi connectivity index (χ4n) is 2.60. The molecule has 1 heterocycles. The van der Waals surface area contributed by atoms with Gasteiger partial charge in [0.2, 0.25) is 6.33 Å². The molecule has 0 radical (unpaired) electrons. The number of hydrogen-bond acceptors (Lipinski definition) is 3. The third kappa shape index (κ3) is 2.68. The number of carbonyl (C=O) groups excluding carboxylic acids is 1. The number of aliphatic carboxylic acids is 1. The molecule has 0 saturated carbocycles. The molecule has 0 bridgehead atoms. The molecule has 23 heavy (non-hydrogen) atoms. The number of carbonyl (C=O) groups is 1. The molecule has 116 valence electrons. The van der Waals surface area contributed by atoms with Crippen molar-refractivity contribution in [2.24, 2.45) is 0 Å². The van der Waals surface area contributed by atoms with E-state index in [1.54, 1.807) is 0 Å². The predicted octanol–water partition coefficient (Wildman–Crippen LogP) is 1.77. The van der Waals surface area contributed by atoms with E-state index in [2.05, 4.69) is 0 Å². The molecule has 0 aliphatic carbocycles. The van der Waals surface area contributed by atoms with Crippen molar-refractivity contribution in [3.8, 4) is 22.5 Å². The Labute approximate surface area is 133 Å². The van der Waals surface area contributed by atoms with E-state index in [-0.39, 0.29) is 0 Å². The molecule has 1 aromatic heterocycles. The molecule has 3 rings (SSSR count). The Morgan fingerprint density at radius 2 is 1.52 bits per heavy atom. The number of benzene rings is 2. The molecular formula is C18H15N2O3-. The standard InChI is InChI=1S/C18H16N2O3/c1-13(18(21)22)19-12-20(23)17(15-10-6-3-7-11-15)16(19)14-8-4-2-5-9-14/h2-13H,1H3,(H,21,22)/p-1/t13-/m0/s1. The van der Waals surface area contributed by atoms with Crippen LogP contribution in [0.5, 0.6) is 0 Å². The first-order valence-electron chi connectivity index (χ1n) is 7.25. The first-order valence-corrected chi connectivity index (χ1v) is 7.25. The Balaban J connectivity index is 2.30. The van der Waals surface area contributed by atoms with Crippen LogP contribution in [0.15, 0.2) is 67.0 Å². The van der Waals surface area contributed by atoms with Gasteiger partial charge in [0, 0.05) is 11.1 Å². The molecule has 3 aromatic rings. The van der Waals surface area contributed by atoms with E-state index in [9.17, 15) is 15.1 Å². The van der Waals surface area contributed by atoms with Crippen LogP contribution in [0.25, 0.3) is 22.5 Å². The zero-order valence-electron chi connectivity index (χ0n) is 12.5. The smallest absolute Gasteiger partial charge is 0.248 e. The van der Waals surface area contributed by atoms with Crippen LogP contribution in [-0.2, 0) is 4.79 Å². The molecule has 5 heteroatoms. The SMILES string of the molecule is C[C@@H](C(=O)[O-])n1c[n+]([O-])c(-c2ccccc2)c1-c1ccccc1. The number of carboxylic acids is 1. The van der Waals surface area contributed by atoms with Crippen molar-refractivity contribution in [1.82, 2.24) is 4.57 Å². The van der Waals surface area contributed by atoms with E-state index >= 15 is 0 Å². The van der Waals surface area contributed by atoms with Crippen LogP contribution in [-0.4, -0.2) is 10.5 Å². The van der Waals surface area contributed by atoms with Crippen molar-refractivity contribution < 1.29 is 14.6 Å². The maximum Gasteiger partial charge on any atom is 0.248 e. The summed E-state index contributed by atoms with van der Waals surface area (Å²) >= 11 is 0. The van der Waals surface area contributed by atoms with E-state index in [0.717, 1.165) is 11.1 Å². The molecule has 1 atom stereocenters. The van der Waals surface area contributed by atoms with Crippen LogP contribution in [0, 0.1) is 5.21 Å². The lowest BCUT2D eigenvalue weighted by atomic mass is 10.0. The molecule has 0 fully saturated rings. The molecule has 0 N–H and O–H groups in total. The highest BCUT2D eigenvalue weighted by molar-refractivity contribution is 5.78. The van der Waals surface area contributed by atoms with Gasteiger partial charge in [-0.2, -0.15) is 0 Å². The number of rotatable bonds is 4. The van der Waals surface area contributed by atoms with Crippen LogP contribution in [0.1, 0.15) is 13.0 Å². The average molecular weight is 307 g/mol. The van der Waals surface area contributed by atoms with Gasteiger partial charge >= 0.3 is 0 Å². The van der Waals surface area contributed by atoms with Crippen molar-refractivity contribution >= 4 is 5.97 Å². The Morgan fingerprint density at radius 3 is 2.04 bits per heavy atom. The summed E-state index contributed by atoms with van der Waals surface area (Å²) in [4.78, 5) is 11.3. The third-order valence-electron chi connectivity index (χ3n) is 3.78. The topological polar surface area (TPSA) is 72.0 Å². The Morgan fingerprint density at radius 1 is 1.00 bits per heavy atom. The van der Waals surface area contributed by atoms with E-state index in [1.807, 2.05) is 60.7 Å². The first kappa shape index (κ1) is 14.8. The molecule has 0 unspecified atom stereocenters.